The number of halogens is 1. The lowest BCUT2D eigenvalue weighted by Gasteiger charge is -2.16. The Morgan fingerprint density at radius 1 is 1.47 bits per heavy atom. The van der Waals surface area contributed by atoms with Crippen LogP contribution in [0.5, 0.6) is 5.75 Å². The molecule has 96 valence electrons. The Kier molecular flexibility index (Phi) is 4.47. The van der Waals surface area contributed by atoms with Gasteiger partial charge >= 0.3 is 0 Å². The molecule has 4 nitrogen and oxygen atoms in total. The molecule has 1 aromatic rings. The standard InChI is InChI=1S/C11H16FNO3S/c1-4-17(14,15)13-8(2)10-7-9(12)5-6-11(10)16-3/h5-8,13H,4H2,1-3H3. The molecule has 0 aliphatic carbocycles. The number of rotatable bonds is 5. The molecule has 1 aromatic carbocycles. The average Bonchev–Trinajstić information content (AvgIpc) is 2.28. The molecule has 0 heterocycles. The van der Waals surface area contributed by atoms with Gasteiger partial charge < -0.3 is 4.74 Å². The van der Waals surface area contributed by atoms with E-state index in [1.165, 1.54) is 32.2 Å². The molecule has 1 atom stereocenters. The van der Waals surface area contributed by atoms with Gasteiger partial charge in [-0.05, 0) is 32.0 Å². The third kappa shape index (κ3) is 3.67. The molecule has 0 radical (unpaired) electrons. The van der Waals surface area contributed by atoms with Gasteiger partial charge in [0.2, 0.25) is 10.0 Å². The van der Waals surface area contributed by atoms with E-state index in [1.54, 1.807) is 6.92 Å². The molecule has 6 heteroatoms. The molecule has 0 fully saturated rings. The molecule has 0 saturated carbocycles. The zero-order valence-electron chi connectivity index (χ0n) is 10.0. The van der Waals surface area contributed by atoms with Crippen molar-refractivity contribution < 1.29 is 17.5 Å². The van der Waals surface area contributed by atoms with E-state index < -0.39 is 21.9 Å². The summed E-state index contributed by atoms with van der Waals surface area (Å²) in [4.78, 5) is 0. The van der Waals surface area contributed by atoms with Crippen LogP contribution in [0.25, 0.3) is 0 Å². The Labute approximate surface area is 101 Å². The molecule has 1 unspecified atom stereocenters. The fourth-order valence-electron chi connectivity index (χ4n) is 1.46. The minimum Gasteiger partial charge on any atom is -0.496 e. The van der Waals surface area contributed by atoms with Gasteiger partial charge in [0.1, 0.15) is 11.6 Å². The van der Waals surface area contributed by atoms with Crippen molar-refractivity contribution in [3.63, 3.8) is 0 Å². The van der Waals surface area contributed by atoms with Crippen molar-refractivity contribution in [2.45, 2.75) is 19.9 Å². The number of benzene rings is 1. The van der Waals surface area contributed by atoms with Crippen LogP contribution >= 0.6 is 0 Å². The van der Waals surface area contributed by atoms with Crippen LogP contribution in [-0.2, 0) is 10.0 Å². The Hall–Kier alpha value is -1.14. The lowest BCUT2D eigenvalue weighted by Crippen LogP contribution is -2.28. The van der Waals surface area contributed by atoms with E-state index >= 15 is 0 Å². The topological polar surface area (TPSA) is 55.4 Å². The Bertz CT molecular complexity index is 487. The van der Waals surface area contributed by atoms with E-state index in [0.29, 0.717) is 11.3 Å². The van der Waals surface area contributed by atoms with Crippen molar-refractivity contribution in [1.82, 2.24) is 4.72 Å². The summed E-state index contributed by atoms with van der Waals surface area (Å²) in [7, 11) is -1.88. The monoisotopic (exact) mass is 261 g/mol. The normalized spacial score (nSPS) is 13.4. The van der Waals surface area contributed by atoms with Gasteiger partial charge in [-0.2, -0.15) is 0 Å². The maximum atomic E-state index is 13.1. The molecule has 0 saturated heterocycles. The van der Waals surface area contributed by atoms with Gasteiger partial charge in [0, 0.05) is 11.6 Å². The van der Waals surface area contributed by atoms with Gasteiger partial charge in [0.25, 0.3) is 0 Å². The van der Waals surface area contributed by atoms with Crippen LogP contribution in [0.3, 0.4) is 0 Å². The molecule has 0 bridgehead atoms. The van der Waals surface area contributed by atoms with Crippen LogP contribution < -0.4 is 9.46 Å². The number of hydrogen-bond donors (Lipinski definition) is 1. The van der Waals surface area contributed by atoms with E-state index in [4.69, 9.17) is 4.74 Å². The van der Waals surface area contributed by atoms with Crippen molar-refractivity contribution in [2.24, 2.45) is 0 Å². The Morgan fingerprint density at radius 2 is 2.12 bits per heavy atom. The minimum absolute atomic E-state index is 0.0189. The lowest BCUT2D eigenvalue weighted by molar-refractivity contribution is 0.403. The van der Waals surface area contributed by atoms with Gasteiger partial charge in [0.15, 0.2) is 0 Å². The summed E-state index contributed by atoms with van der Waals surface area (Å²) in [5, 5.41) is 0. The number of ether oxygens (including phenoxy) is 1. The highest BCUT2D eigenvalue weighted by atomic mass is 32.2. The first kappa shape index (κ1) is 13.9. The molecule has 0 aromatic heterocycles. The maximum Gasteiger partial charge on any atom is 0.211 e. The first-order chi connectivity index (χ1) is 7.89. The second-order valence-electron chi connectivity index (χ2n) is 3.63. The van der Waals surface area contributed by atoms with Crippen molar-refractivity contribution in [2.75, 3.05) is 12.9 Å². The van der Waals surface area contributed by atoms with Gasteiger partial charge in [-0.3, -0.25) is 0 Å². The number of methoxy groups -OCH3 is 1. The fraction of sp³-hybridized carbons (Fsp3) is 0.455. The highest BCUT2D eigenvalue weighted by molar-refractivity contribution is 7.89. The number of sulfonamides is 1. The van der Waals surface area contributed by atoms with Crippen molar-refractivity contribution in [3.8, 4) is 5.75 Å². The lowest BCUT2D eigenvalue weighted by atomic mass is 10.1. The van der Waals surface area contributed by atoms with Crippen LogP contribution in [0.2, 0.25) is 0 Å². The second-order valence-corrected chi connectivity index (χ2v) is 5.67. The summed E-state index contributed by atoms with van der Waals surface area (Å²) in [5.41, 5.74) is 0.476. The number of nitrogens with one attached hydrogen (secondary N) is 1. The van der Waals surface area contributed by atoms with Crippen LogP contribution in [0.1, 0.15) is 25.5 Å². The predicted molar refractivity (Wildman–Crippen MR) is 64.0 cm³/mol. The third-order valence-electron chi connectivity index (χ3n) is 2.39. The first-order valence-electron chi connectivity index (χ1n) is 5.23. The van der Waals surface area contributed by atoms with E-state index in [-0.39, 0.29) is 5.75 Å². The highest BCUT2D eigenvalue weighted by Crippen LogP contribution is 2.26. The van der Waals surface area contributed by atoms with E-state index in [9.17, 15) is 12.8 Å². The molecular weight excluding hydrogens is 245 g/mol. The second kappa shape index (κ2) is 5.46. The molecule has 0 amide bonds. The van der Waals surface area contributed by atoms with Gasteiger partial charge in [-0.15, -0.1) is 0 Å². The van der Waals surface area contributed by atoms with Crippen LogP contribution in [0.15, 0.2) is 18.2 Å². The van der Waals surface area contributed by atoms with E-state index in [1.807, 2.05) is 0 Å². The summed E-state index contributed by atoms with van der Waals surface area (Å²) in [6, 6.07) is 3.47. The zero-order valence-corrected chi connectivity index (χ0v) is 10.8. The van der Waals surface area contributed by atoms with Gasteiger partial charge in [-0.25, -0.2) is 17.5 Å². The minimum atomic E-state index is -3.33. The van der Waals surface area contributed by atoms with Crippen LogP contribution in [0, 0.1) is 5.82 Å². The van der Waals surface area contributed by atoms with Crippen LogP contribution in [-0.4, -0.2) is 21.3 Å². The summed E-state index contributed by atoms with van der Waals surface area (Å²) >= 11 is 0. The number of hydrogen-bond acceptors (Lipinski definition) is 3. The molecule has 17 heavy (non-hydrogen) atoms. The van der Waals surface area contributed by atoms with Gasteiger partial charge in [0.05, 0.1) is 12.9 Å². The predicted octanol–water partition coefficient (Wildman–Crippen LogP) is 1.83. The van der Waals surface area contributed by atoms with Crippen molar-refractivity contribution in [3.05, 3.63) is 29.6 Å². The van der Waals surface area contributed by atoms with E-state index in [0.717, 1.165) is 0 Å². The fourth-order valence-corrected chi connectivity index (χ4v) is 2.29. The maximum absolute atomic E-state index is 13.1. The quantitative estimate of drug-likeness (QED) is 0.879. The van der Waals surface area contributed by atoms with Crippen molar-refractivity contribution in [1.29, 1.82) is 0 Å². The molecule has 0 aliphatic heterocycles. The molecule has 0 spiro atoms. The highest BCUT2D eigenvalue weighted by Gasteiger charge is 2.17. The SMILES string of the molecule is CCS(=O)(=O)NC(C)c1cc(F)ccc1OC. The summed E-state index contributed by atoms with van der Waals surface area (Å²) in [6.07, 6.45) is 0. The van der Waals surface area contributed by atoms with E-state index in [2.05, 4.69) is 4.72 Å². The van der Waals surface area contributed by atoms with Crippen molar-refractivity contribution >= 4 is 10.0 Å². The zero-order chi connectivity index (χ0) is 13.1. The molecule has 1 N–H and O–H groups in total. The van der Waals surface area contributed by atoms with Gasteiger partial charge in [-0.1, -0.05) is 0 Å². The largest absolute Gasteiger partial charge is 0.496 e. The Morgan fingerprint density at radius 3 is 2.65 bits per heavy atom. The van der Waals surface area contributed by atoms with Crippen LogP contribution in [0.4, 0.5) is 4.39 Å². The smallest absolute Gasteiger partial charge is 0.211 e. The molecule has 1 rings (SSSR count). The summed E-state index contributed by atoms with van der Waals surface area (Å²) < 4.78 is 43.5. The molecular formula is C11H16FNO3S. The average molecular weight is 261 g/mol. The first-order valence-corrected chi connectivity index (χ1v) is 6.88. The third-order valence-corrected chi connectivity index (χ3v) is 3.87. The summed E-state index contributed by atoms with van der Waals surface area (Å²) in [5.74, 6) is 0.00987. The summed E-state index contributed by atoms with van der Waals surface area (Å²) in [6.45, 7) is 3.18. The Balaban J connectivity index is 3.03. The molecule has 0 aliphatic rings.